The Bertz CT molecular complexity index is 286. The van der Waals surface area contributed by atoms with Crippen molar-refractivity contribution in [2.24, 2.45) is 22.7 Å². The van der Waals surface area contributed by atoms with Crippen molar-refractivity contribution in [3.05, 3.63) is 0 Å². The zero-order valence-corrected chi connectivity index (χ0v) is 14.4. The second-order valence-corrected chi connectivity index (χ2v) is 7.23. The number of hydrogen-bond donors (Lipinski definition) is 1. The van der Waals surface area contributed by atoms with Crippen molar-refractivity contribution in [2.45, 2.75) is 72.4 Å². The molecule has 112 valence electrons. The topological polar surface area (TPSA) is 24.4 Å². The van der Waals surface area contributed by atoms with Gasteiger partial charge in [-0.15, -0.1) is 0 Å². The Hall–Kier alpha value is -0.180. The summed E-state index contributed by atoms with van der Waals surface area (Å²) in [5, 5.41) is 4.62. The smallest absolute Gasteiger partial charge is 0.156 e. The lowest BCUT2D eigenvalue weighted by molar-refractivity contribution is 0.173. The van der Waals surface area contributed by atoms with Gasteiger partial charge in [-0.1, -0.05) is 45.4 Å². The quantitative estimate of drug-likeness (QED) is 0.605. The third kappa shape index (κ3) is 5.02. The summed E-state index contributed by atoms with van der Waals surface area (Å²) in [5.74, 6) is 2.28. The molecule has 0 amide bonds. The zero-order chi connectivity index (χ0) is 14.4. The van der Waals surface area contributed by atoms with E-state index in [1.54, 1.807) is 11.8 Å². The predicted molar refractivity (Wildman–Crippen MR) is 89.0 cm³/mol. The third-order valence-corrected chi connectivity index (χ3v) is 4.90. The van der Waals surface area contributed by atoms with Crippen LogP contribution in [0.4, 0.5) is 0 Å². The van der Waals surface area contributed by atoms with Gasteiger partial charge in [0.25, 0.3) is 0 Å². The van der Waals surface area contributed by atoms with Gasteiger partial charge in [-0.2, -0.15) is 0 Å². The normalized spacial score (nSPS) is 29.1. The van der Waals surface area contributed by atoms with Gasteiger partial charge in [-0.3, -0.25) is 4.99 Å². The van der Waals surface area contributed by atoms with E-state index in [2.05, 4.69) is 46.2 Å². The monoisotopic (exact) mass is 284 g/mol. The number of nitrogens with one attached hydrogen (secondary N) is 1. The molecule has 1 rings (SSSR count). The van der Waals surface area contributed by atoms with E-state index in [1.165, 1.54) is 25.7 Å². The van der Waals surface area contributed by atoms with E-state index < -0.39 is 0 Å². The van der Waals surface area contributed by atoms with Gasteiger partial charge in [0.2, 0.25) is 0 Å². The first-order chi connectivity index (χ1) is 8.99. The first-order valence-corrected chi connectivity index (χ1v) is 9.10. The molecule has 0 aromatic carbocycles. The SMILES string of the molecule is CCC1CCCC(C(C)C)C1N=C(NC(C)C)SC. The highest BCUT2D eigenvalue weighted by molar-refractivity contribution is 8.13. The highest BCUT2D eigenvalue weighted by atomic mass is 32.2. The summed E-state index contributed by atoms with van der Waals surface area (Å²) in [6.07, 6.45) is 7.49. The van der Waals surface area contributed by atoms with Crippen molar-refractivity contribution >= 4 is 16.9 Å². The van der Waals surface area contributed by atoms with Crippen molar-refractivity contribution in [2.75, 3.05) is 6.26 Å². The van der Waals surface area contributed by atoms with Gasteiger partial charge in [-0.05, 0) is 50.7 Å². The van der Waals surface area contributed by atoms with E-state index in [0.717, 1.165) is 22.9 Å². The molecule has 1 aliphatic rings. The molecule has 1 fully saturated rings. The van der Waals surface area contributed by atoms with Crippen LogP contribution in [0.2, 0.25) is 0 Å². The largest absolute Gasteiger partial charge is 0.363 e. The van der Waals surface area contributed by atoms with E-state index in [9.17, 15) is 0 Å². The molecule has 0 radical (unpaired) electrons. The number of rotatable bonds is 4. The van der Waals surface area contributed by atoms with E-state index in [0.29, 0.717) is 12.1 Å². The minimum absolute atomic E-state index is 0.465. The van der Waals surface area contributed by atoms with Crippen LogP contribution in [0.3, 0.4) is 0 Å². The number of aliphatic imine (C=N–C) groups is 1. The molecule has 19 heavy (non-hydrogen) atoms. The van der Waals surface area contributed by atoms with Crippen molar-refractivity contribution in [1.29, 1.82) is 0 Å². The summed E-state index contributed by atoms with van der Waals surface area (Å²) >= 11 is 1.76. The highest BCUT2D eigenvalue weighted by Crippen LogP contribution is 2.38. The van der Waals surface area contributed by atoms with Gasteiger partial charge in [0.1, 0.15) is 0 Å². The van der Waals surface area contributed by atoms with Crippen LogP contribution in [0.25, 0.3) is 0 Å². The molecule has 3 atom stereocenters. The van der Waals surface area contributed by atoms with E-state index in [-0.39, 0.29) is 0 Å². The fraction of sp³-hybridized carbons (Fsp3) is 0.938. The molecule has 1 aliphatic carbocycles. The Balaban J connectivity index is 2.89. The average Bonchev–Trinajstić information content (AvgIpc) is 2.37. The lowest BCUT2D eigenvalue weighted by Crippen LogP contribution is -2.37. The van der Waals surface area contributed by atoms with Crippen molar-refractivity contribution in [3.8, 4) is 0 Å². The molecule has 2 nitrogen and oxygen atoms in total. The number of amidine groups is 1. The summed E-state index contributed by atoms with van der Waals surface area (Å²) in [4.78, 5) is 5.12. The average molecular weight is 285 g/mol. The Morgan fingerprint density at radius 2 is 1.95 bits per heavy atom. The van der Waals surface area contributed by atoms with Crippen LogP contribution in [-0.4, -0.2) is 23.5 Å². The van der Waals surface area contributed by atoms with Crippen LogP contribution < -0.4 is 5.32 Å². The molecule has 0 aromatic rings. The fourth-order valence-electron chi connectivity index (χ4n) is 3.21. The van der Waals surface area contributed by atoms with E-state index in [1.807, 2.05) is 0 Å². The Morgan fingerprint density at radius 3 is 2.42 bits per heavy atom. The summed E-state index contributed by atoms with van der Waals surface area (Å²) < 4.78 is 0. The molecule has 0 bridgehead atoms. The lowest BCUT2D eigenvalue weighted by atomic mass is 9.71. The number of hydrogen-bond acceptors (Lipinski definition) is 2. The molecule has 0 spiro atoms. The molecule has 3 heteroatoms. The van der Waals surface area contributed by atoms with Gasteiger partial charge < -0.3 is 5.32 Å². The molecule has 0 saturated heterocycles. The van der Waals surface area contributed by atoms with Gasteiger partial charge in [0.15, 0.2) is 5.17 Å². The molecular weight excluding hydrogens is 252 g/mol. The molecule has 3 unspecified atom stereocenters. The van der Waals surface area contributed by atoms with Crippen LogP contribution in [0.15, 0.2) is 4.99 Å². The Labute approximate surface area is 124 Å². The summed E-state index contributed by atoms with van der Waals surface area (Å²) in [7, 11) is 0. The van der Waals surface area contributed by atoms with Gasteiger partial charge >= 0.3 is 0 Å². The highest BCUT2D eigenvalue weighted by Gasteiger charge is 2.34. The van der Waals surface area contributed by atoms with Crippen molar-refractivity contribution in [3.63, 3.8) is 0 Å². The van der Waals surface area contributed by atoms with Crippen molar-refractivity contribution < 1.29 is 0 Å². The maximum Gasteiger partial charge on any atom is 0.156 e. The minimum atomic E-state index is 0.465. The van der Waals surface area contributed by atoms with E-state index in [4.69, 9.17) is 4.99 Å². The second-order valence-electron chi connectivity index (χ2n) is 6.44. The summed E-state index contributed by atoms with van der Waals surface area (Å²) in [6, 6.07) is 0.986. The second kappa shape index (κ2) is 8.18. The van der Waals surface area contributed by atoms with Crippen LogP contribution in [-0.2, 0) is 0 Å². The molecule has 0 heterocycles. The molecule has 1 N–H and O–H groups in total. The van der Waals surface area contributed by atoms with Gasteiger partial charge in [-0.25, -0.2) is 0 Å². The van der Waals surface area contributed by atoms with Crippen molar-refractivity contribution in [1.82, 2.24) is 5.32 Å². The maximum atomic E-state index is 5.12. The summed E-state index contributed by atoms with van der Waals surface area (Å²) in [6.45, 7) is 11.4. The van der Waals surface area contributed by atoms with Crippen LogP contribution in [0.1, 0.15) is 60.3 Å². The summed E-state index contributed by atoms with van der Waals surface area (Å²) in [5.41, 5.74) is 0. The molecular formula is C16H32N2S. The predicted octanol–water partition coefficient (Wildman–Crippen LogP) is 4.55. The zero-order valence-electron chi connectivity index (χ0n) is 13.6. The maximum absolute atomic E-state index is 5.12. The molecule has 1 saturated carbocycles. The van der Waals surface area contributed by atoms with Gasteiger partial charge in [0.05, 0.1) is 6.04 Å². The Kier molecular flexibility index (Phi) is 7.27. The molecule has 0 aromatic heterocycles. The number of thioether (sulfide) groups is 1. The van der Waals surface area contributed by atoms with E-state index >= 15 is 0 Å². The first kappa shape index (κ1) is 16.9. The first-order valence-electron chi connectivity index (χ1n) is 7.87. The number of nitrogens with zero attached hydrogens (tertiary/aromatic N) is 1. The minimum Gasteiger partial charge on any atom is -0.363 e. The van der Waals surface area contributed by atoms with Gasteiger partial charge in [0, 0.05) is 6.04 Å². The standard InChI is InChI=1S/C16H32N2S/c1-7-13-9-8-10-14(11(2)3)15(13)18-16(19-6)17-12(4)5/h11-15H,7-10H2,1-6H3,(H,17,18). The van der Waals surface area contributed by atoms with Crippen LogP contribution in [0, 0.1) is 17.8 Å². The van der Waals surface area contributed by atoms with Crippen LogP contribution in [0.5, 0.6) is 0 Å². The Morgan fingerprint density at radius 1 is 1.26 bits per heavy atom. The van der Waals surface area contributed by atoms with Crippen LogP contribution >= 0.6 is 11.8 Å². The molecule has 0 aliphatic heterocycles. The fourth-order valence-corrected chi connectivity index (χ4v) is 3.79. The lowest BCUT2D eigenvalue weighted by Gasteiger charge is -2.38. The third-order valence-electron chi connectivity index (χ3n) is 4.29.